The van der Waals surface area contributed by atoms with Crippen molar-refractivity contribution in [3.05, 3.63) is 56.9 Å². The predicted octanol–water partition coefficient (Wildman–Crippen LogP) is 4.22. The minimum absolute atomic E-state index is 0.205. The molecule has 0 radical (unpaired) electrons. The van der Waals surface area contributed by atoms with Crippen molar-refractivity contribution in [1.82, 2.24) is 15.0 Å². The summed E-state index contributed by atoms with van der Waals surface area (Å²) in [6.45, 7) is 1.94. The lowest BCUT2D eigenvalue weighted by molar-refractivity contribution is 0.628. The highest BCUT2D eigenvalue weighted by atomic mass is 32.1. The summed E-state index contributed by atoms with van der Waals surface area (Å²) in [7, 11) is 0. The van der Waals surface area contributed by atoms with Crippen LogP contribution in [0.1, 0.15) is 4.88 Å². The molecule has 23 heavy (non-hydrogen) atoms. The largest absolute Gasteiger partial charge is 0.304 e. The second-order valence-corrected chi connectivity index (χ2v) is 7.07. The van der Waals surface area contributed by atoms with Crippen molar-refractivity contribution in [2.75, 3.05) is 0 Å². The lowest BCUT2D eigenvalue weighted by atomic mass is 10.0. The summed E-state index contributed by atoms with van der Waals surface area (Å²) in [5.41, 5.74) is 1.41. The average molecular weight is 343 g/mol. The normalized spacial score (nSPS) is 11.2. The average Bonchev–Trinajstić information content (AvgIpc) is 3.15. The standard InChI is InChI=1S/C16H10FN3OS2/c1-8-11(9-2-4-10(17)5-3-9)12-14(21)19-13(20-15(12)23-8)16-18-6-7-22-16/h2-7H,1H3,(H,19,20,21). The highest BCUT2D eigenvalue weighted by Gasteiger charge is 2.17. The van der Waals surface area contributed by atoms with Crippen LogP contribution in [0.25, 0.3) is 32.2 Å². The van der Waals surface area contributed by atoms with Gasteiger partial charge in [0.15, 0.2) is 10.8 Å². The van der Waals surface area contributed by atoms with Gasteiger partial charge >= 0.3 is 0 Å². The van der Waals surface area contributed by atoms with E-state index in [0.717, 1.165) is 16.0 Å². The molecule has 1 aromatic carbocycles. The Balaban J connectivity index is 1.98. The van der Waals surface area contributed by atoms with Crippen LogP contribution in [0.5, 0.6) is 0 Å². The van der Waals surface area contributed by atoms with Gasteiger partial charge in [-0.25, -0.2) is 14.4 Å². The molecular weight excluding hydrogens is 333 g/mol. The Labute approximate surface area is 138 Å². The molecule has 7 heteroatoms. The van der Waals surface area contributed by atoms with Crippen LogP contribution >= 0.6 is 22.7 Å². The van der Waals surface area contributed by atoms with E-state index in [2.05, 4.69) is 15.0 Å². The molecule has 0 aliphatic carbocycles. The van der Waals surface area contributed by atoms with E-state index in [4.69, 9.17) is 0 Å². The van der Waals surface area contributed by atoms with Crippen molar-refractivity contribution >= 4 is 32.9 Å². The number of halogens is 1. The molecule has 0 atom stereocenters. The molecule has 4 nitrogen and oxygen atoms in total. The molecule has 3 aromatic heterocycles. The first-order chi connectivity index (χ1) is 11.1. The molecule has 0 saturated heterocycles. The molecule has 3 heterocycles. The molecule has 0 unspecified atom stereocenters. The number of nitrogens with one attached hydrogen (secondary N) is 1. The summed E-state index contributed by atoms with van der Waals surface area (Å²) in [5, 5.41) is 3.06. The number of aromatic amines is 1. The smallest absolute Gasteiger partial charge is 0.260 e. The molecule has 0 aliphatic rings. The quantitative estimate of drug-likeness (QED) is 0.593. The van der Waals surface area contributed by atoms with Crippen LogP contribution in [0.2, 0.25) is 0 Å². The number of rotatable bonds is 2. The third kappa shape index (κ3) is 2.38. The molecule has 4 aromatic rings. The van der Waals surface area contributed by atoms with Gasteiger partial charge in [0, 0.05) is 22.0 Å². The monoisotopic (exact) mass is 343 g/mol. The summed E-state index contributed by atoms with van der Waals surface area (Å²) in [6, 6.07) is 6.14. The Morgan fingerprint density at radius 2 is 2.00 bits per heavy atom. The van der Waals surface area contributed by atoms with Gasteiger partial charge < -0.3 is 4.98 Å². The van der Waals surface area contributed by atoms with Crippen LogP contribution in [-0.2, 0) is 0 Å². The molecule has 0 bridgehead atoms. The van der Waals surface area contributed by atoms with E-state index in [9.17, 15) is 9.18 Å². The van der Waals surface area contributed by atoms with Crippen molar-refractivity contribution in [1.29, 1.82) is 0 Å². The molecule has 0 saturated carbocycles. The van der Waals surface area contributed by atoms with Gasteiger partial charge in [0.1, 0.15) is 10.6 Å². The number of benzene rings is 1. The molecular formula is C16H10FN3OS2. The van der Waals surface area contributed by atoms with E-state index in [1.54, 1.807) is 18.3 Å². The summed E-state index contributed by atoms with van der Waals surface area (Å²) in [6.07, 6.45) is 1.67. The Bertz CT molecular complexity index is 1050. The number of nitrogens with zero attached hydrogens (tertiary/aromatic N) is 2. The van der Waals surface area contributed by atoms with E-state index in [-0.39, 0.29) is 11.4 Å². The van der Waals surface area contributed by atoms with E-state index in [0.29, 0.717) is 21.0 Å². The highest BCUT2D eigenvalue weighted by molar-refractivity contribution is 7.19. The van der Waals surface area contributed by atoms with Gasteiger partial charge in [0.05, 0.1) is 5.39 Å². The summed E-state index contributed by atoms with van der Waals surface area (Å²) in [5.74, 6) is 0.174. The van der Waals surface area contributed by atoms with Crippen LogP contribution in [0, 0.1) is 12.7 Å². The third-order valence-electron chi connectivity index (χ3n) is 3.51. The lowest BCUT2D eigenvalue weighted by Gasteiger charge is -2.02. The van der Waals surface area contributed by atoms with Crippen LogP contribution < -0.4 is 5.56 Å². The first-order valence-electron chi connectivity index (χ1n) is 6.82. The topological polar surface area (TPSA) is 58.6 Å². The predicted molar refractivity (Wildman–Crippen MR) is 91.5 cm³/mol. The maximum atomic E-state index is 13.1. The second kappa shape index (κ2) is 5.36. The number of thiophene rings is 1. The lowest BCUT2D eigenvalue weighted by Crippen LogP contribution is -2.09. The van der Waals surface area contributed by atoms with Gasteiger partial charge in [-0.2, -0.15) is 0 Å². The number of hydrogen-bond acceptors (Lipinski definition) is 5. The number of H-pyrrole nitrogens is 1. The zero-order chi connectivity index (χ0) is 16.0. The summed E-state index contributed by atoms with van der Waals surface area (Å²) >= 11 is 2.88. The fraction of sp³-hybridized carbons (Fsp3) is 0.0625. The Morgan fingerprint density at radius 1 is 1.22 bits per heavy atom. The summed E-state index contributed by atoms with van der Waals surface area (Å²) in [4.78, 5) is 25.7. The fourth-order valence-electron chi connectivity index (χ4n) is 2.52. The van der Waals surface area contributed by atoms with Gasteiger partial charge in [-0.05, 0) is 24.6 Å². The first-order valence-corrected chi connectivity index (χ1v) is 8.52. The molecule has 0 spiro atoms. The number of thiazole rings is 1. The Hall–Kier alpha value is -2.38. The van der Waals surface area contributed by atoms with E-state index >= 15 is 0 Å². The van der Waals surface area contributed by atoms with Crippen molar-refractivity contribution < 1.29 is 4.39 Å². The number of hydrogen-bond donors (Lipinski definition) is 1. The van der Waals surface area contributed by atoms with Gasteiger partial charge in [-0.15, -0.1) is 22.7 Å². The zero-order valence-electron chi connectivity index (χ0n) is 12.0. The molecule has 0 aliphatic heterocycles. The van der Waals surface area contributed by atoms with Crippen molar-refractivity contribution in [3.8, 4) is 22.0 Å². The van der Waals surface area contributed by atoms with Crippen molar-refractivity contribution in [3.63, 3.8) is 0 Å². The number of aryl methyl sites for hydroxylation is 1. The molecule has 1 N–H and O–H groups in total. The fourth-order valence-corrected chi connectivity index (χ4v) is 4.15. The van der Waals surface area contributed by atoms with E-state index in [1.165, 1.54) is 34.8 Å². The third-order valence-corrected chi connectivity index (χ3v) is 5.28. The zero-order valence-corrected chi connectivity index (χ0v) is 13.6. The van der Waals surface area contributed by atoms with E-state index < -0.39 is 0 Å². The van der Waals surface area contributed by atoms with Gasteiger partial charge in [0.25, 0.3) is 5.56 Å². The molecule has 0 amide bonds. The van der Waals surface area contributed by atoms with Crippen LogP contribution in [0.4, 0.5) is 4.39 Å². The maximum absolute atomic E-state index is 13.1. The molecule has 4 rings (SSSR count). The van der Waals surface area contributed by atoms with Gasteiger partial charge in [0.2, 0.25) is 0 Å². The second-order valence-electron chi connectivity index (χ2n) is 4.97. The number of fused-ring (bicyclic) bond motifs is 1. The van der Waals surface area contributed by atoms with Crippen LogP contribution in [-0.4, -0.2) is 15.0 Å². The highest BCUT2D eigenvalue weighted by Crippen LogP contribution is 2.36. The van der Waals surface area contributed by atoms with Gasteiger partial charge in [-0.1, -0.05) is 12.1 Å². The van der Waals surface area contributed by atoms with Crippen LogP contribution in [0.15, 0.2) is 40.6 Å². The van der Waals surface area contributed by atoms with E-state index in [1.807, 2.05) is 12.3 Å². The van der Waals surface area contributed by atoms with Crippen molar-refractivity contribution in [2.45, 2.75) is 6.92 Å². The Kier molecular flexibility index (Phi) is 3.32. The summed E-state index contributed by atoms with van der Waals surface area (Å²) < 4.78 is 13.1. The van der Waals surface area contributed by atoms with Crippen molar-refractivity contribution in [2.24, 2.45) is 0 Å². The van der Waals surface area contributed by atoms with Gasteiger partial charge in [-0.3, -0.25) is 4.79 Å². The minimum atomic E-state index is -0.302. The van der Waals surface area contributed by atoms with Crippen LogP contribution in [0.3, 0.4) is 0 Å². The Morgan fingerprint density at radius 3 is 2.70 bits per heavy atom. The molecule has 0 fully saturated rings. The maximum Gasteiger partial charge on any atom is 0.260 e. The first kappa shape index (κ1) is 14.2. The molecule has 114 valence electrons. The SMILES string of the molecule is Cc1sc2nc(-c3nccs3)[nH]c(=O)c2c1-c1ccc(F)cc1. The number of aromatic nitrogens is 3. The minimum Gasteiger partial charge on any atom is -0.304 e.